The Balaban J connectivity index is 0.00000288. The van der Waals surface area contributed by atoms with E-state index >= 15 is 0 Å². The van der Waals surface area contributed by atoms with Gasteiger partial charge in [0.1, 0.15) is 0 Å². The van der Waals surface area contributed by atoms with Crippen LogP contribution in [0.2, 0.25) is 0 Å². The van der Waals surface area contributed by atoms with E-state index in [-0.39, 0.29) is 35.3 Å². The van der Waals surface area contributed by atoms with E-state index in [1.807, 2.05) is 14.1 Å². The molecule has 2 N–H and O–H groups in total. The molecule has 2 aliphatic rings. The minimum atomic E-state index is -0.252. The summed E-state index contributed by atoms with van der Waals surface area (Å²) in [6.07, 6.45) is 9.50. The Morgan fingerprint density at radius 1 is 1.00 bits per heavy atom. The van der Waals surface area contributed by atoms with Crippen LogP contribution in [-0.4, -0.2) is 51.0 Å². The van der Waals surface area contributed by atoms with Crippen LogP contribution >= 0.6 is 24.0 Å². The summed E-state index contributed by atoms with van der Waals surface area (Å²) in [5.74, 6) is 1.08. The molecule has 0 atom stereocenters. The molecule has 2 fully saturated rings. The number of halogens is 1. The Labute approximate surface area is 164 Å². The van der Waals surface area contributed by atoms with E-state index in [0.717, 1.165) is 38.2 Å². The lowest BCUT2D eigenvalue weighted by atomic mass is 9.84. The Bertz CT molecular complexity index is 438. The lowest BCUT2D eigenvalue weighted by Gasteiger charge is -2.32. The van der Waals surface area contributed by atoms with Gasteiger partial charge in [0.05, 0.1) is 5.41 Å². The smallest absolute Gasteiger partial charge is 0.230 e. The summed E-state index contributed by atoms with van der Waals surface area (Å²) in [6.45, 7) is 4.00. The van der Waals surface area contributed by atoms with Crippen molar-refractivity contribution in [1.82, 2.24) is 15.5 Å². The van der Waals surface area contributed by atoms with Gasteiger partial charge in [0, 0.05) is 34.2 Å². The van der Waals surface area contributed by atoms with Gasteiger partial charge in [0.25, 0.3) is 0 Å². The molecule has 140 valence electrons. The van der Waals surface area contributed by atoms with Gasteiger partial charge in [0.15, 0.2) is 5.96 Å². The first-order valence-electron chi connectivity index (χ1n) is 9.07. The van der Waals surface area contributed by atoms with E-state index in [2.05, 4.69) is 22.5 Å². The van der Waals surface area contributed by atoms with E-state index in [9.17, 15) is 4.79 Å². The van der Waals surface area contributed by atoms with Crippen LogP contribution in [0.4, 0.5) is 0 Å². The van der Waals surface area contributed by atoms with Crippen molar-refractivity contribution in [1.29, 1.82) is 0 Å². The van der Waals surface area contributed by atoms with E-state index in [0.29, 0.717) is 12.0 Å². The molecule has 0 unspecified atom stereocenters. The van der Waals surface area contributed by atoms with Gasteiger partial charge in [-0.2, -0.15) is 0 Å². The first-order chi connectivity index (χ1) is 10.9. The quantitative estimate of drug-likeness (QED) is 0.385. The second-order valence-electron chi connectivity index (χ2n) is 7.98. The fourth-order valence-corrected chi connectivity index (χ4v) is 4.17. The highest BCUT2D eigenvalue weighted by molar-refractivity contribution is 14.0. The van der Waals surface area contributed by atoms with Gasteiger partial charge in [-0.3, -0.25) is 9.79 Å². The Hall–Kier alpha value is -0.530. The minimum Gasteiger partial charge on any atom is -0.356 e. The molecule has 2 saturated carbocycles. The molecule has 1 amide bonds. The summed E-state index contributed by atoms with van der Waals surface area (Å²) in [6, 6.07) is 0. The van der Waals surface area contributed by atoms with Gasteiger partial charge in [-0.05, 0) is 31.1 Å². The van der Waals surface area contributed by atoms with Gasteiger partial charge in [-0.1, -0.05) is 32.6 Å². The van der Waals surface area contributed by atoms with Crippen molar-refractivity contribution in [3.63, 3.8) is 0 Å². The highest BCUT2D eigenvalue weighted by Gasteiger charge is 2.42. The van der Waals surface area contributed by atoms with Crippen LogP contribution in [0.15, 0.2) is 4.99 Å². The number of carbonyl (C=O) groups is 1. The highest BCUT2D eigenvalue weighted by Crippen LogP contribution is 2.39. The maximum absolute atomic E-state index is 12.6. The molecule has 0 aromatic rings. The number of hydrogen-bond donors (Lipinski definition) is 2. The van der Waals surface area contributed by atoms with Gasteiger partial charge in [-0.15, -0.1) is 24.0 Å². The van der Waals surface area contributed by atoms with Crippen LogP contribution in [0, 0.1) is 10.8 Å². The molecule has 0 heterocycles. The molecule has 6 heteroatoms. The zero-order valence-electron chi connectivity index (χ0n) is 15.8. The van der Waals surface area contributed by atoms with Crippen LogP contribution in [-0.2, 0) is 4.79 Å². The SMILES string of the molecule is CN=C(NCC1(C)CCCC1)NCC1(C(=O)N(C)C)CCCC1.I. The van der Waals surface area contributed by atoms with Gasteiger partial charge >= 0.3 is 0 Å². The summed E-state index contributed by atoms with van der Waals surface area (Å²) < 4.78 is 0. The fraction of sp³-hybridized carbons (Fsp3) is 0.889. The zero-order chi connectivity index (χ0) is 16.9. The van der Waals surface area contributed by atoms with Gasteiger partial charge < -0.3 is 15.5 Å². The van der Waals surface area contributed by atoms with Crippen LogP contribution in [0.3, 0.4) is 0 Å². The lowest BCUT2D eigenvalue weighted by Crippen LogP contribution is -2.50. The molecule has 24 heavy (non-hydrogen) atoms. The van der Waals surface area contributed by atoms with Crippen molar-refractivity contribution in [2.75, 3.05) is 34.2 Å². The Morgan fingerprint density at radius 2 is 1.50 bits per heavy atom. The Kier molecular flexibility index (Phi) is 8.29. The lowest BCUT2D eigenvalue weighted by molar-refractivity contribution is -0.138. The van der Waals surface area contributed by atoms with Crippen molar-refractivity contribution in [2.45, 2.75) is 58.3 Å². The van der Waals surface area contributed by atoms with E-state index in [4.69, 9.17) is 0 Å². The first-order valence-corrected chi connectivity index (χ1v) is 9.07. The average molecular weight is 450 g/mol. The van der Waals surface area contributed by atoms with Crippen LogP contribution in [0.25, 0.3) is 0 Å². The fourth-order valence-electron chi connectivity index (χ4n) is 4.17. The predicted molar refractivity (Wildman–Crippen MR) is 111 cm³/mol. The molecule has 2 aliphatic carbocycles. The summed E-state index contributed by atoms with van der Waals surface area (Å²) >= 11 is 0. The number of nitrogens with zero attached hydrogens (tertiary/aromatic N) is 2. The standard InChI is InChI=1S/C18H34N4O.HI/c1-17(9-5-6-10-17)13-20-16(19-2)21-14-18(11-7-8-12-18)15(23)22(3)4;/h5-14H2,1-4H3,(H2,19,20,21);1H. The Morgan fingerprint density at radius 3 is 2.00 bits per heavy atom. The third kappa shape index (κ3) is 5.23. The molecule has 0 aromatic heterocycles. The van der Waals surface area contributed by atoms with Crippen molar-refractivity contribution >= 4 is 35.8 Å². The first kappa shape index (κ1) is 21.5. The normalized spacial score (nSPS) is 21.9. The number of nitrogens with one attached hydrogen (secondary N) is 2. The van der Waals surface area contributed by atoms with Crippen LogP contribution < -0.4 is 10.6 Å². The second-order valence-corrected chi connectivity index (χ2v) is 7.98. The number of guanidine groups is 1. The number of hydrogen-bond acceptors (Lipinski definition) is 2. The third-order valence-electron chi connectivity index (χ3n) is 5.73. The maximum Gasteiger partial charge on any atom is 0.230 e. The van der Waals surface area contributed by atoms with Crippen molar-refractivity contribution < 1.29 is 4.79 Å². The minimum absolute atomic E-state index is 0. The van der Waals surface area contributed by atoms with Gasteiger partial charge in [0.2, 0.25) is 5.91 Å². The molecule has 0 radical (unpaired) electrons. The zero-order valence-corrected chi connectivity index (χ0v) is 18.1. The second kappa shape index (κ2) is 9.25. The van der Waals surface area contributed by atoms with Crippen molar-refractivity contribution in [3.8, 4) is 0 Å². The summed E-state index contributed by atoms with van der Waals surface area (Å²) in [4.78, 5) is 18.7. The molecule has 0 aromatic carbocycles. The number of aliphatic imine (C=N–C) groups is 1. The summed E-state index contributed by atoms with van der Waals surface area (Å²) in [5, 5.41) is 6.90. The van der Waals surface area contributed by atoms with Crippen LogP contribution in [0.1, 0.15) is 58.3 Å². The highest BCUT2D eigenvalue weighted by atomic mass is 127. The van der Waals surface area contributed by atoms with E-state index in [1.165, 1.54) is 25.7 Å². The van der Waals surface area contributed by atoms with Crippen molar-refractivity contribution in [3.05, 3.63) is 0 Å². The van der Waals surface area contributed by atoms with E-state index < -0.39 is 0 Å². The van der Waals surface area contributed by atoms with Crippen molar-refractivity contribution in [2.24, 2.45) is 15.8 Å². The molecular formula is C18H35IN4O. The monoisotopic (exact) mass is 450 g/mol. The largest absolute Gasteiger partial charge is 0.356 e. The third-order valence-corrected chi connectivity index (χ3v) is 5.73. The molecule has 2 rings (SSSR count). The van der Waals surface area contributed by atoms with E-state index in [1.54, 1.807) is 11.9 Å². The molecule has 5 nitrogen and oxygen atoms in total. The number of carbonyl (C=O) groups excluding carboxylic acids is 1. The summed E-state index contributed by atoms with van der Waals surface area (Å²) in [7, 11) is 5.52. The predicted octanol–water partition coefficient (Wildman–Crippen LogP) is 3.00. The molecule has 0 aliphatic heterocycles. The molecule has 0 spiro atoms. The summed E-state index contributed by atoms with van der Waals surface area (Å²) in [5.41, 5.74) is 0.139. The molecular weight excluding hydrogens is 415 g/mol. The number of rotatable bonds is 5. The molecule has 0 saturated heterocycles. The average Bonchev–Trinajstić information content (AvgIpc) is 3.17. The number of amides is 1. The molecule has 0 bridgehead atoms. The van der Waals surface area contributed by atoms with Crippen LogP contribution in [0.5, 0.6) is 0 Å². The van der Waals surface area contributed by atoms with Gasteiger partial charge in [-0.25, -0.2) is 0 Å². The topological polar surface area (TPSA) is 56.7 Å². The maximum atomic E-state index is 12.6.